The molecule has 0 spiro atoms. The lowest BCUT2D eigenvalue weighted by Gasteiger charge is -2.57. The summed E-state index contributed by atoms with van der Waals surface area (Å²) in [7, 11) is 0. The van der Waals surface area contributed by atoms with Crippen LogP contribution in [-0.2, 0) is 4.74 Å². The summed E-state index contributed by atoms with van der Waals surface area (Å²) in [5, 5.41) is 3.71. The Labute approximate surface area is 123 Å². The van der Waals surface area contributed by atoms with E-state index in [0.717, 1.165) is 37.3 Å². The Balaban J connectivity index is 1.51. The molecule has 0 aromatic heterocycles. The Kier molecular flexibility index (Phi) is 3.33. The van der Waals surface area contributed by atoms with Gasteiger partial charge in [0.2, 0.25) is 0 Å². The predicted molar refractivity (Wildman–Crippen MR) is 81.3 cm³/mol. The van der Waals surface area contributed by atoms with Crippen LogP contribution in [0.25, 0.3) is 0 Å². The van der Waals surface area contributed by atoms with Crippen molar-refractivity contribution in [2.45, 2.75) is 64.3 Å². The highest BCUT2D eigenvalue weighted by molar-refractivity contribution is 5.11. The molecular formula is C18H29NO. The molecule has 5 rings (SSSR count). The van der Waals surface area contributed by atoms with E-state index < -0.39 is 0 Å². The number of ether oxygens (including phenoxy) is 1. The second-order valence-electron chi connectivity index (χ2n) is 7.98. The summed E-state index contributed by atoms with van der Waals surface area (Å²) in [4.78, 5) is 0. The average molecular weight is 275 g/mol. The van der Waals surface area contributed by atoms with E-state index in [1.54, 1.807) is 19.3 Å². The summed E-state index contributed by atoms with van der Waals surface area (Å²) >= 11 is 0. The molecule has 2 heteroatoms. The Hall–Kier alpha value is -0.500. The summed E-state index contributed by atoms with van der Waals surface area (Å²) in [5.74, 6) is 4.42. The molecule has 4 aliphatic carbocycles. The van der Waals surface area contributed by atoms with E-state index in [1.165, 1.54) is 31.4 Å². The van der Waals surface area contributed by atoms with E-state index in [9.17, 15) is 0 Å². The van der Waals surface area contributed by atoms with Crippen LogP contribution in [0, 0.1) is 23.2 Å². The van der Waals surface area contributed by atoms with Gasteiger partial charge in [-0.15, -0.1) is 0 Å². The fourth-order valence-electron chi connectivity index (χ4n) is 6.17. The molecule has 2 nitrogen and oxygen atoms in total. The van der Waals surface area contributed by atoms with E-state index in [-0.39, 0.29) is 0 Å². The molecular weight excluding hydrogens is 246 g/mol. The first-order chi connectivity index (χ1) is 9.76. The van der Waals surface area contributed by atoms with E-state index in [0.29, 0.717) is 11.5 Å². The first-order valence-corrected chi connectivity index (χ1v) is 8.82. The molecule has 5 aliphatic rings. The first-order valence-electron chi connectivity index (χ1n) is 8.82. The van der Waals surface area contributed by atoms with Crippen LogP contribution in [0.5, 0.6) is 0 Å². The van der Waals surface area contributed by atoms with Crippen molar-refractivity contribution < 1.29 is 4.74 Å². The Morgan fingerprint density at radius 2 is 1.85 bits per heavy atom. The van der Waals surface area contributed by atoms with E-state index in [4.69, 9.17) is 4.74 Å². The van der Waals surface area contributed by atoms with Gasteiger partial charge in [-0.05, 0) is 80.7 Å². The molecule has 1 atom stereocenters. The highest BCUT2D eigenvalue weighted by Gasteiger charge is 2.51. The standard InChI is InChI=1S/C18H29NO/c1-2-19-16(17-4-3-5-20-17)12-18-9-13-6-14(10-18)8-15(7-13)11-18/h4,13-16,19H,2-3,5-12H2,1H3. The van der Waals surface area contributed by atoms with Crippen molar-refractivity contribution in [2.75, 3.05) is 13.2 Å². The topological polar surface area (TPSA) is 21.3 Å². The zero-order chi connectivity index (χ0) is 13.6. The normalized spacial score (nSPS) is 43.5. The SMILES string of the molecule is CCNC(CC12CC3CC(CC(C3)C1)C2)C1=CCCO1. The van der Waals surface area contributed by atoms with Crippen LogP contribution in [0.2, 0.25) is 0 Å². The maximum Gasteiger partial charge on any atom is 0.109 e. The Bertz CT molecular complexity index is 365. The van der Waals surface area contributed by atoms with Gasteiger partial charge in [0.05, 0.1) is 12.6 Å². The fourth-order valence-corrected chi connectivity index (χ4v) is 6.17. The summed E-state index contributed by atoms with van der Waals surface area (Å²) in [5.41, 5.74) is 0.647. The van der Waals surface area contributed by atoms with Gasteiger partial charge < -0.3 is 10.1 Å². The van der Waals surface area contributed by atoms with Gasteiger partial charge in [0.1, 0.15) is 5.76 Å². The van der Waals surface area contributed by atoms with Crippen LogP contribution in [0.3, 0.4) is 0 Å². The minimum Gasteiger partial charge on any atom is -0.496 e. The molecule has 1 N–H and O–H groups in total. The van der Waals surface area contributed by atoms with Gasteiger partial charge in [0.25, 0.3) is 0 Å². The maximum atomic E-state index is 5.88. The van der Waals surface area contributed by atoms with Gasteiger partial charge in [0.15, 0.2) is 0 Å². The van der Waals surface area contributed by atoms with Gasteiger partial charge in [-0.25, -0.2) is 0 Å². The lowest BCUT2D eigenvalue weighted by molar-refractivity contribution is -0.0622. The molecule has 4 bridgehead atoms. The molecule has 1 unspecified atom stereocenters. The van der Waals surface area contributed by atoms with Crippen molar-refractivity contribution in [3.63, 3.8) is 0 Å². The van der Waals surface area contributed by atoms with Gasteiger partial charge in [-0.3, -0.25) is 0 Å². The molecule has 4 saturated carbocycles. The molecule has 4 fully saturated rings. The van der Waals surface area contributed by atoms with Crippen molar-refractivity contribution >= 4 is 0 Å². The number of hydrogen-bond donors (Lipinski definition) is 1. The van der Waals surface area contributed by atoms with Gasteiger partial charge >= 0.3 is 0 Å². The molecule has 0 amide bonds. The Morgan fingerprint density at radius 1 is 1.20 bits per heavy atom. The molecule has 1 heterocycles. The third-order valence-corrected chi connectivity index (χ3v) is 6.33. The third kappa shape index (κ3) is 2.30. The van der Waals surface area contributed by atoms with Crippen LogP contribution in [0.1, 0.15) is 58.3 Å². The van der Waals surface area contributed by atoms with E-state index in [2.05, 4.69) is 18.3 Å². The summed E-state index contributed by atoms with van der Waals surface area (Å²) in [6.45, 7) is 4.18. The molecule has 1 aliphatic heterocycles. The van der Waals surface area contributed by atoms with Crippen LogP contribution >= 0.6 is 0 Å². The number of hydrogen-bond acceptors (Lipinski definition) is 2. The van der Waals surface area contributed by atoms with Gasteiger partial charge in [0, 0.05) is 6.42 Å². The minimum absolute atomic E-state index is 0.485. The molecule has 0 aromatic carbocycles. The van der Waals surface area contributed by atoms with Crippen LogP contribution in [0.4, 0.5) is 0 Å². The number of rotatable bonds is 5. The van der Waals surface area contributed by atoms with Gasteiger partial charge in [-0.1, -0.05) is 6.92 Å². The highest BCUT2D eigenvalue weighted by Crippen LogP contribution is 2.61. The van der Waals surface area contributed by atoms with Crippen LogP contribution in [-0.4, -0.2) is 19.2 Å². The fraction of sp³-hybridized carbons (Fsp3) is 0.889. The molecule has 0 radical (unpaired) electrons. The van der Waals surface area contributed by atoms with E-state index >= 15 is 0 Å². The Morgan fingerprint density at radius 3 is 2.35 bits per heavy atom. The lowest BCUT2D eigenvalue weighted by atomic mass is 9.48. The summed E-state index contributed by atoms with van der Waals surface area (Å²) in [6, 6.07) is 0.485. The van der Waals surface area contributed by atoms with Crippen molar-refractivity contribution in [2.24, 2.45) is 23.2 Å². The minimum atomic E-state index is 0.485. The predicted octanol–water partition coefficient (Wildman–Crippen LogP) is 3.88. The average Bonchev–Trinajstić information content (AvgIpc) is 2.90. The molecule has 0 aromatic rings. The van der Waals surface area contributed by atoms with Crippen LogP contribution < -0.4 is 5.32 Å². The highest BCUT2D eigenvalue weighted by atomic mass is 16.5. The smallest absolute Gasteiger partial charge is 0.109 e. The second-order valence-corrected chi connectivity index (χ2v) is 7.98. The number of likely N-dealkylation sites (N-methyl/N-ethyl adjacent to an activating group) is 1. The monoisotopic (exact) mass is 275 g/mol. The van der Waals surface area contributed by atoms with Gasteiger partial charge in [-0.2, -0.15) is 0 Å². The lowest BCUT2D eigenvalue weighted by Crippen LogP contribution is -2.49. The summed E-state index contributed by atoms with van der Waals surface area (Å²) < 4.78 is 5.88. The van der Waals surface area contributed by atoms with Crippen LogP contribution in [0.15, 0.2) is 11.8 Å². The zero-order valence-electron chi connectivity index (χ0n) is 12.9. The van der Waals surface area contributed by atoms with Crippen molar-refractivity contribution in [1.82, 2.24) is 5.32 Å². The molecule has 20 heavy (non-hydrogen) atoms. The largest absolute Gasteiger partial charge is 0.496 e. The second kappa shape index (κ2) is 5.05. The van der Waals surface area contributed by atoms with Crippen molar-refractivity contribution in [1.29, 1.82) is 0 Å². The van der Waals surface area contributed by atoms with E-state index in [1.807, 2.05) is 0 Å². The molecule has 0 saturated heterocycles. The quantitative estimate of drug-likeness (QED) is 0.822. The maximum absolute atomic E-state index is 5.88. The first kappa shape index (κ1) is 13.2. The number of nitrogens with one attached hydrogen (secondary N) is 1. The third-order valence-electron chi connectivity index (χ3n) is 6.33. The zero-order valence-corrected chi connectivity index (χ0v) is 12.9. The van der Waals surface area contributed by atoms with Crippen molar-refractivity contribution in [3.8, 4) is 0 Å². The summed E-state index contributed by atoms with van der Waals surface area (Å²) in [6.07, 6.45) is 13.9. The van der Waals surface area contributed by atoms with Crippen molar-refractivity contribution in [3.05, 3.63) is 11.8 Å². The molecule has 112 valence electrons.